The fraction of sp³-hybridized carbons (Fsp3) is 0.833. The minimum absolute atomic E-state index is 0.0550. The maximum absolute atomic E-state index is 12.1. The molecule has 4 heteroatoms. The van der Waals surface area contributed by atoms with Gasteiger partial charge in [-0.3, -0.25) is 4.79 Å². The molecule has 0 aromatic rings. The standard InChI is InChI=1S/C12H20N2OS/c1-8(9-4-2-3-5-9)14-11(15)12(6-7-12)10(13)16/h8-9H,2-7H2,1H3,(H2,13,16)(H,14,15). The molecule has 1 amide bonds. The third-order valence-corrected chi connectivity index (χ3v) is 4.51. The highest BCUT2D eigenvalue weighted by atomic mass is 32.1. The van der Waals surface area contributed by atoms with Crippen molar-refractivity contribution in [2.75, 3.05) is 0 Å². The predicted molar refractivity (Wildman–Crippen MR) is 68.0 cm³/mol. The summed E-state index contributed by atoms with van der Waals surface area (Å²) in [6, 6.07) is 0.266. The van der Waals surface area contributed by atoms with E-state index in [1.807, 2.05) is 0 Å². The number of carbonyl (C=O) groups is 1. The zero-order valence-corrected chi connectivity index (χ0v) is 10.6. The summed E-state index contributed by atoms with van der Waals surface area (Å²) in [5.74, 6) is 0.700. The minimum Gasteiger partial charge on any atom is -0.392 e. The van der Waals surface area contributed by atoms with Crippen molar-refractivity contribution in [1.82, 2.24) is 5.32 Å². The molecule has 90 valence electrons. The zero-order chi connectivity index (χ0) is 11.8. The molecule has 2 fully saturated rings. The molecule has 0 saturated heterocycles. The Kier molecular flexibility index (Phi) is 3.19. The molecule has 2 aliphatic carbocycles. The van der Waals surface area contributed by atoms with Crippen LogP contribution >= 0.6 is 12.2 Å². The van der Waals surface area contributed by atoms with E-state index in [9.17, 15) is 4.79 Å². The van der Waals surface area contributed by atoms with Crippen LogP contribution in [0.5, 0.6) is 0 Å². The first-order valence-electron chi connectivity index (χ1n) is 6.17. The normalized spacial score (nSPS) is 25.1. The van der Waals surface area contributed by atoms with Crippen LogP contribution in [-0.4, -0.2) is 16.9 Å². The van der Waals surface area contributed by atoms with E-state index in [0.29, 0.717) is 10.9 Å². The van der Waals surface area contributed by atoms with Crippen molar-refractivity contribution in [3.05, 3.63) is 0 Å². The second-order valence-corrected chi connectivity index (χ2v) is 5.69. The Bertz CT molecular complexity index is 306. The van der Waals surface area contributed by atoms with Crippen LogP contribution in [0.2, 0.25) is 0 Å². The summed E-state index contributed by atoms with van der Waals surface area (Å²) in [5, 5.41) is 3.10. The van der Waals surface area contributed by atoms with Gasteiger partial charge in [-0.25, -0.2) is 0 Å². The third-order valence-electron chi connectivity index (χ3n) is 4.12. The van der Waals surface area contributed by atoms with Crippen LogP contribution in [0.25, 0.3) is 0 Å². The van der Waals surface area contributed by atoms with Crippen LogP contribution in [0.15, 0.2) is 0 Å². The molecule has 0 spiro atoms. The highest BCUT2D eigenvalue weighted by molar-refractivity contribution is 7.80. The molecular formula is C12H20N2OS. The van der Waals surface area contributed by atoms with Gasteiger partial charge in [-0.1, -0.05) is 25.1 Å². The van der Waals surface area contributed by atoms with Gasteiger partial charge in [0.15, 0.2) is 0 Å². The average Bonchev–Trinajstić information content (AvgIpc) is 2.87. The second-order valence-electron chi connectivity index (χ2n) is 5.25. The number of thiocarbonyl (C=S) groups is 1. The Labute approximate surface area is 102 Å². The molecule has 0 bridgehead atoms. The average molecular weight is 240 g/mol. The summed E-state index contributed by atoms with van der Waals surface area (Å²) in [6.07, 6.45) is 6.72. The lowest BCUT2D eigenvalue weighted by atomic mass is 9.98. The summed E-state index contributed by atoms with van der Waals surface area (Å²) in [5.41, 5.74) is 5.14. The molecule has 0 heterocycles. The first kappa shape index (κ1) is 11.8. The van der Waals surface area contributed by atoms with Gasteiger partial charge >= 0.3 is 0 Å². The topological polar surface area (TPSA) is 55.1 Å². The van der Waals surface area contributed by atoms with Gasteiger partial charge < -0.3 is 11.1 Å². The summed E-state index contributed by atoms with van der Waals surface area (Å²) < 4.78 is 0. The molecule has 3 nitrogen and oxygen atoms in total. The molecule has 3 N–H and O–H groups in total. The van der Waals surface area contributed by atoms with Crippen LogP contribution in [-0.2, 0) is 4.79 Å². The maximum Gasteiger partial charge on any atom is 0.233 e. The smallest absolute Gasteiger partial charge is 0.233 e. The van der Waals surface area contributed by atoms with E-state index in [4.69, 9.17) is 18.0 Å². The van der Waals surface area contributed by atoms with Crippen LogP contribution < -0.4 is 11.1 Å². The van der Waals surface area contributed by atoms with Crippen molar-refractivity contribution in [3.63, 3.8) is 0 Å². The number of nitrogens with one attached hydrogen (secondary N) is 1. The highest BCUT2D eigenvalue weighted by Crippen LogP contribution is 2.46. The van der Waals surface area contributed by atoms with E-state index in [1.165, 1.54) is 25.7 Å². The Morgan fingerprint density at radius 3 is 2.44 bits per heavy atom. The summed E-state index contributed by atoms with van der Waals surface area (Å²) in [7, 11) is 0. The van der Waals surface area contributed by atoms with E-state index >= 15 is 0 Å². The first-order valence-corrected chi connectivity index (χ1v) is 6.58. The van der Waals surface area contributed by atoms with E-state index < -0.39 is 5.41 Å². The van der Waals surface area contributed by atoms with E-state index in [2.05, 4.69) is 12.2 Å². The largest absolute Gasteiger partial charge is 0.392 e. The third kappa shape index (κ3) is 2.08. The van der Waals surface area contributed by atoms with E-state index in [0.717, 1.165) is 12.8 Å². The van der Waals surface area contributed by atoms with Gasteiger partial charge in [-0.2, -0.15) is 0 Å². The van der Waals surface area contributed by atoms with Crippen molar-refractivity contribution in [2.45, 2.75) is 51.5 Å². The molecule has 0 aromatic heterocycles. The van der Waals surface area contributed by atoms with Crippen molar-refractivity contribution >= 4 is 23.1 Å². The van der Waals surface area contributed by atoms with Crippen LogP contribution in [0.1, 0.15) is 45.4 Å². The van der Waals surface area contributed by atoms with E-state index in [1.54, 1.807) is 0 Å². The Hall–Kier alpha value is -0.640. The van der Waals surface area contributed by atoms with Gasteiger partial charge in [0.1, 0.15) is 0 Å². The number of carbonyl (C=O) groups excluding carboxylic acids is 1. The van der Waals surface area contributed by atoms with Gasteiger partial charge in [0.05, 0.1) is 10.4 Å². The predicted octanol–water partition coefficient (Wildman–Crippen LogP) is 1.75. The van der Waals surface area contributed by atoms with Crippen molar-refractivity contribution < 1.29 is 4.79 Å². The summed E-state index contributed by atoms with van der Waals surface area (Å²) >= 11 is 4.97. The molecule has 1 atom stereocenters. The lowest BCUT2D eigenvalue weighted by Crippen LogP contribution is -2.45. The zero-order valence-electron chi connectivity index (χ0n) is 9.79. The monoisotopic (exact) mass is 240 g/mol. The van der Waals surface area contributed by atoms with E-state index in [-0.39, 0.29) is 11.9 Å². The minimum atomic E-state index is -0.498. The van der Waals surface area contributed by atoms with Crippen molar-refractivity contribution in [2.24, 2.45) is 17.1 Å². The summed E-state index contributed by atoms with van der Waals surface area (Å²) in [4.78, 5) is 12.4. The van der Waals surface area contributed by atoms with Gasteiger partial charge in [-0.15, -0.1) is 0 Å². The molecule has 16 heavy (non-hydrogen) atoms. The molecule has 0 aliphatic heterocycles. The van der Waals surface area contributed by atoms with Crippen LogP contribution in [0, 0.1) is 11.3 Å². The fourth-order valence-electron chi connectivity index (χ4n) is 2.63. The number of hydrogen-bond donors (Lipinski definition) is 2. The number of hydrogen-bond acceptors (Lipinski definition) is 2. The molecule has 2 aliphatic rings. The van der Waals surface area contributed by atoms with Crippen LogP contribution in [0.4, 0.5) is 0 Å². The Balaban J connectivity index is 1.89. The molecule has 2 rings (SSSR count). The lowest BCUT2D eigenvalue weighted by molar-refractivity contribution is -0.124. The van der Waals surface area contributed by atoms with Gasteiger partial charge in [0.25, 0.3) is 0 Å². The van der Waals surface area contributed by atoms with Gasteiger partial charge in [0.2, 0.25) is 5.91 Å². The lowest BCUT2D eigenvalue weighted by Gasteiger charge is -2.23. The number of nitrogens with two attached hydrogens (primary N) is 1. The quantitative estimate of drug-likeness (QED) is 0.736. The highest BCUT2D eigenvalue weighted by Gasteiger charge is 2.53. The molecule has 1 unspecified atom stereocenters. The number of rotatable bonds is 4. The molecular weight excluding hydrogens is 220 g/mol. The van der Waals surface area contributed by atoms with Crippen molar-refractivity contribution in [3.8, 4) is 0 Å². The maximum atomic E-state index is 12.1. The molecule has 0 radical (unpaired) electrons. The van der Waals surface area contributed by atoms with Crippen molar-refractivity contribution in [1.29, 1.82) is 0 Å². The molecule has 2 saturated carbocycles. The Morgan fingerprint density at radius 2 is 2.00 bits per heavy atom. The molecule has 0 aromatic carbocycles. The number of amides is 1. The first-order chi connectivity index (χ1) is 7.56. The van der Waals surface area contributed by atoms with Gasteiger partial charge in [0, 0.05) is 6.04 Å². The van der Waals surface area contributed by atoms with Crippen LogP contribution in [0.3, 0.4) is 0 Å². The Morgan fingerprint density at radius 1 is 1.44 bits per heavy atom. The summed E-state index contributed by atoms with van der Waals surface area (Å²) in [6.45, 7) is 2.10. The second kappa shape index (κ2) is 4.32. The SMILES string of the molecule is CC(NC(=O)C1(C(N)=S)CC1)C1CCCC1. The van der Waals surface area contributed by atoms with Gasteiger partial charge in [-0.05, 0) is 38.5 Å². The fourth-order valence-corrected chi connectivity index (χ4v) is 2.93.